The number of nitriles is 1. The Kier molecular flexibility index (Phi) is 3.47. The number of aliphatic hydroxyl groups is 1. The highest BCUT2D eigenvalue weighted by Crippen LogP contribution is 2.32. The van der Waals surface area contributed by atoms with Crippen LogP contribution in [-0.2, 0) is 0 Å². The molecule has 1 aromatic carbocycles. The lowest BCUT2D eigenvalue weighted by Crippen LogP contribution is -2.21. The number of rotatable bonds is 4. The van der Waals surface area contributed by atoms with Gasteiger partial charge in [-0.1, -0.05) is 15.9 Å². The molecular weight excluding hydrogens is 268 g/mol. The lowest BCUT2D eigenvalue weighted by atomic mass is 10.2. The van der Waals surface area contributed by atoms with Crippen LogP contribution in [0.5, 0.6) is 0 Å². The first-order chi connectivity index (χ1) is 7.70. The Morgan fingerprint density at radius 2 is 2.31 bits per heavy atom. The fourth-order valence-corrected chi connectivity index (χ4v) is 1.99. The van der Waals surface area contributed by atoms with E-state index >= 15 is 0 Å². The molecule has 0 amide bonds. The number of benzene rings is 1. The van der Waals surface area contributed by atoms with E-state index in [1.54, 1.807) is 6.07 Å². The summed E-state index contributed by atoms with van der Waals surface area (Å²) < 4.78 is 0.886. The molecule has 1 fully saturated rings. The minimum Gasteiger partial charge on any atom is -0.391 e. The van der Waals surface area contributed by atoms with Crippen LogP contribution in [0.4, 0.5) is 5.69 Å². The number of nitrogens with zero attached hydrogens (tertiary/aromatic N) is 1. The van der Waals surface area contributed by atoms with Crippen molar-refractivity contribution in [2.24, 2.45) is 5.92 Å². The van der Waals surface area contributed by atoms with Crippen molar-refractivity contribution in [2.45, 2.75) is 18.9 Å². The minimum atomic E-state index is -0.296. The van der Waals surface area contributed by atoms with Crippen LogP contribution in [0.15, 0.2) is 22.7 Å². The van der Waals surface area contributed by atoms with Gasteiger partial charge in [0.1, 0.15) is 6.07 Å². The number of anilines is 1. The Bertz CT molecular complexity index is 424. The maximum Gasteiger partial charge on any atom is 0.101 e. The smallest absolute Gasteiger partial charge is 0.101 e. The predicted molar refractivity (Wildman–Crippen MR) is 66.1 cm³/mol. The first-order valence-electron chi connectivity index (χ1n) is 5.32. The highest BCUT2D eigenvalue weighted by Gasteiger charge is 2.29. The standard InChI is InChI=1S/C12H13BrN2O/c13-10-3-4-11(9(5-10)6-14)15-7-12(16)8-1-2-8/h3-5,8,12,15-16H,1-2,7H2. The van der Waals surface area contributed by atoms with Gasteiger partial charge in [-0.15, -0.1) is 0 Å². The first kappa shape index (κ1) is 11.4. The number of nitrogens with one attached hydrogen (secondary N) is 1. The topological polar surface area (TPSA) is 56.0 Å². The molecule has 1 aliphatic carbocycles. The third-order valence-corrected chi connectivity index (χ3v) is 3.26. The molecule has 0 heterocycles. The van der Waals surface area contributed by atoms with Crippen LogP contribution in [0.2, 0.25) is 0 Å². The van der Waals surface area contributed by atoms with Gasteiger partial charge in [0.05, 0.1) is 17.4 Å². The molecule has 0 aromatic heterocycles. The lowest BCUT2D eigenvalue weighted by Gasteiger charge is -2.12. The summed E-state index contributed by atoms with van der Waals surface area (Å²) in [6.07, 6.45) is 1.94. The van der Waals surface area contributed by atoms with Crippen LogP contribution in [0.3, 0.4) is 0 Å². The van der Waals surface area contributed by atoms with Crippen molar-refractivity contribution < 1.29 is 5.11 Å². The van der Waals surface area contributed by atoms with Gasteiger partial charge in [0.2, 0.25) is 0 Å². The van der Waals surface area contributed by atoms with Gasteiger partial charge in [-0.25, -0.2) is 0 Å². The van der Waals surface area contributed by atoms with Crippen molar-refractivity contribution in [3.63, 3.8) is 0 Å². The van der Waals surface area contributed by atoms with Gasteiger partial charge in [-0.3, -0.25) is 0 Å². The highest BCUT2D eigenvalue weighted by atomic mass is 79.9. The Hall–Kier alpha value is -1.05. The monoisotopic (exact) mass is 280 g/mol. The fraction of sp³-hybridized carbons (Fsp3) is 0.417. The van der Waals surface area contributed by atoms with Crippen molar-refractivity contribution in [3.05, 3.63) is 28.2 Å². The fourth-order valence-electron chi connectivity index (χ4n) is 1.63. The molecule has 0 spiro atoms. The summed E-state index contributed by atoms with van der Waals surface area (Å²) in [4.78, 5) is 0. The third-order valence-electron chi connectivity index (χ3n) is 2.77. The van der Waals surface area contributed by atoms with Crippen molar-refractivity contribution in [1.29, 1.82) is 5.26 Å². The van der Waals surface area contributed by atoms with Crippen molar-refractivity contribution in [3.8, 4) is 6.07 Å². The molecule has 1 aliphatic rings. The summed E-state index contributed by atoms with van der Waals surface area (Å²) in [6, 6.07) is 7.63. The van der Waals surface area contributed by atoms with Crippen LogP contribution in [0, 0.1) is 17.2 Å². The number of hydrogen-bond donors (Lipinski definition) is 2. The van der Waals surface area contributed by atoms with E-state index in [9.17, 15) is 5.11 Å². The average molecular weight is 281 g/mol. The molecule has 2 rings (SSSR count). The Morgan fingerprint density at radius 3 is 2.94 bits per heavy atom. The molecule has 84 valence electrons. The largest absolute Gasteiger partial charge is 0.391 e. The molecule has 1 unspecified atom stereocenters. The Labute approximate surface area is 103 Å². The minimum absolute atomic E-state index is 0.296. The quantitative estimate of drug-likeness (QED) is 0.891. The summed E-state index contributed by atoms with van der Waals surface area (Å²) in [5.41, 5.74) is 1.38. The second kappa shape index (κ2) is 4.86. The van der Waals surface area contributed by atoms with Crippen LogP contribution in [0.25, 0.3) is 0 Å². The second-order valence-electron chi connectivity index (χ2n) is 4.09. The maximum atomic E-state index is 9.71. The molecule has 1 saturated carbocycles. The van der Waals surface area contributed by atoms with E-state index in [-0.39, 0.29) is 6.10 Å². The normalized spacial score (nSPS) is 16.6. The molecule has 1 atom stereocenters. The summed E-state index contributed by atoms with van der Waals surface area (Å²) >= 11 is 3.32. The van der Waals surface area contributed by atoms with E-state index in [0.717, 1.165) is 23.0 Å². The van der Waals surface area contributed by atoms with E-state index in [2.05, 4.69) is 27.3 Å². The Morgan fingerprint density at radius 1 is 1.56 bits per heavy atom. The number of aliphatic hydroxyl groups excluding tert-OH is 1. The van der Waals surface area contributed by atoms with Gasteiger partial charge >= 0.3 is 0 Å². The molecule has 3 nitrogen and oxygen atoms in total. The first-order valence-corrected chi connectivity index (χ1v) is 6.11. The van der Waals surface area contributed by atoms with Gasteiger partial charge in [-0.2, -0.15) is 5.26 Å². The van der Waals surface area contributed by atoms with Crippen molar-refractivity contribution >= 4 is 21.6 Å². The van der Waals surface area contributed by atoms with Crippen molar-refractivity contribution in [2.75, 3.05) is 11.9 Å². The van der Waals surface area contributed by atoms with Crippen LogP contribution >= 0.6 is 15.9 Å². The molecule has 4 heteroatoms. The average Bonchev–Trinajstić information content (AvgIpc) is 3.10. The number of halogens is 1. The molecule has 2 N–H and O–H groups in total. The second-order valence-corrected chi connectivity index (χ2v) is 5.00. The summed E-state index contributed by atoms with van der Waals surface area (Å²) in [5.74, 6) is 0.452. The molecule has 1 aromatic rings. The lowest BCUT2D eigenvalue weighted by molar-refractivity contribution is 0.164. The SMILES string of the molecule is N#Cc1cc(Br)ccc1NCC(O)C1CC1. The van der Waals surface area contributed by atoms with Crippen molar-refractivity contribution in [1.82, 2.24) is 0 Å². The van der Waals surface area contributed by atoms with E-state index in [4.69, 9.17) is 5.26 Å². The van der Waals surface area contributed by atoms with Gasteiger partial charge in [-0.05, 0) is 37.0 Å². The molecular formula is C12H13BrN2O. The third kappa shape index (κ3) is 2.75. The summed E-state index contributed by atoms with van der Waals surface area (Å²) in [7, 11) is 0. The van der Waals surface area contributed by atoms with Gasteiger partial charge < -0.3 is 10.4 Å². The molecule has 0 aliphatic heterocycles. The van der Waals surface area contributed by atoms with E-state index < -0.39 is 0 Å². The van der Waals surface area contributed by atoms with Crippen LogP contribution < -0.4 is 5.32 Å². The molecule has 0 saturated heterocycles. The molecule has 0 radical (unpaired) electrons. The van der Waals surface area contributed by atoms with Gasteiger partial charge in [0.25, 0.3) is 0 Å². The summed E-state index contributed by atoms with van der Waals surface area (Å²) in [5, 5.41) is 21.8. The van der Waals surface area contributed by atoms with Crippen LogP contribution in [0.1, 0.15) is 18.4 Å². The molecule has 0 bridgehead atoms. The van der Waals surface area contributed by atoms with E-state index in [1.165, 1.54) is 0 Å². The number of hydrogen-bond acceptors (Lipinski definition) is 3. The predicted octanol–water partition coefficient (Wildman–Crippen LogP) is 2.50. The van der Waals surface area contributed by atoms with Gasteiger partial charge in [0.15, 0.2) is 0 Å². The maximum absolute atomic E-state index is 9.71. The van der Waals surface area contributed by atoms with E-state index in [1.807, 2.05) is 12.1 Å². The van der Waals surface area contributed by atoms with Gasteiger partial charge in [0, 0.05) is 11.0 Å². The summed E-state index contributed by atoms with van der Waals surface area (Å²) in [6.45, 7) is 0.515. The highest BCUT2D eigenvalue weighted by molar-refractivity contribution is 9.10. The zero-order valence-corrected chi connectivity index (χ0v) is 10.4. The zero-order chi connectivity index (χ0) is 11.5. The zero-order valence-electron chi connectivity index (χ0n) is 8.78. The van der Waals surface area contributed by atoms with Crippen LogP contribution in [-0.4, -0.2) is 17.8 Å². The Balaban J connectivity index is 2.00. The van der Waals surface area contributed by atoms with E-state index in [0.29, 0.717) is 18.0 Å². The molecule has 16 heavy (non-hydrogen) atoms.